The van der Waals surface area contributed by atoms with E-state index in [0.29, 0.717) is 24.2 Å². The zero-order valence-electron chi connectivity index (χ0n) is 45.0. The number of hydrogen-bond acceptors (Lipinski definition) is 8. The van der Waals surface area contributed by atoms with Gasteiger partial charge in [-0.2, -0.15) is 20.3 Å². The highest BCUT2D eigenvalue weighted by molar-refractivity contribution is 5.02. The van der Waals surface area contributed by atoms with Crippen LogP contribution in [-0.4, -0.2) is 210 Å². The van der Waals surface area contributed by atoms with Crippen molar-refractivity contribution in [1.82, 2.24) is 20.3 Å². The maximum absolute atomic E-state index is 12.2. The number of quaternary nitrogens is 4. The van der Waals surface area contributed by atoms with Gasteiger partial charge in [0.05, 0.1) is 112 Å². The first-order valence-electron chi connectivity index (χ1n) is 24.8. The van der Waals surface area contributed by atoms with E-state index in [-0.39, 0.29) is 44.3 Å². The van der Waals surface area contributed by atoms with Gasteiger partial charge in [0, 0.05) is 109 Å². The fourth-order valence-electron chi connectivity index (χ4n) is 14.1. The third-order valence-corrected chi connectivity index (χ3v) is 18.2. The summed E-state index contributed by atoms with van der Waals surface area (Å²) in [6, 6.07) is 1.71. The van der Waals surface area contributed by atoms with Crippen molar-refractivity contribution in [1.29, 1.82) is 0 Å². The van der Waals surface area contributed by atoms with Crippen molar-refractivity contribution in [3.63, 3.8) is 0 Å². The van der Waals surface area contributed by atoms with E-state index in [0.717, 1.165) is 121 Å². The molecule has 62 heavy (non-hydrogen) atoms. The van der Waals surface area contributed by atoms with Crippen LogP contribution in [0, 0.1) is 0 Å². The summed E-state index contributed by atoms with van der Waals surface area (Å²) in [5.41, 5.74) is -2.52. The van der Waals surface area contributed by atoms with Gasteiger partial charge in [0.25, 0.3) is 0 Å². The van der Waals surface area contributed by atoms with Gasteiger partial charge in [-0.05, 0) is 104 Å². The van der Waals surface area contributed by atoms with Crippen LogP contribution in [0.15, 0.2) is 0 Å². The van der Waals surface area contributed by atoms with Gasteiger partial charge in [0.1, 0.15) is 0 Å². The Bertz CT molecular complexity index is 1490. The lowest BCUT2D eigenvalue weighted by Gasteiger charge is -2.58. The molecule has 366 valence electrons. The van der Waals surface area contributed by atoms with Crippen molar-refractivity contribution < 1.29 is 38.8 Å². The zero-order valence-corrected chi connectivity index (χ0v) is 45.0. The zero-order chi connectivity index (χ0) is 47.9. The molecule has 4 rings (SSSR count). The van der Waals surface area contributed by atoms with Crippen LogP contribution < -0.4 is 0 Å². The Hall–Kier alpha value is -0.480. The number of hydroxylamine groups is 8. The van der Waals surface area contributed by atoms with Crippen LogP contribution in [-0.2, 0) is 0 Å². The van der Waals surface area contributed by atoms with Gasteiger partial charge in [-0.3, -0.25) is 0 Å². The molecule has 4 saturated heterocycles. The quantitative estimate of drug-likeness (QED) is 0.122. The highest BCUT2D eigenvalue weighted by Gasteiger charge is 2.56. The van der Waals surface area contributed by atoms with Crippen molar-refractivity contribution >= 4 is 0 Å². The van der Waals surface area contributed by atoms with Crippen LogP contribution >= 0.6 is 0 Å². The van der Waals surface area contributed by atoms with Crippen molar-refractivity contribution in [2.45, 2.75) is 243 Å². The van der Waals surface area contributed by atoms with E-state index >= 15 is 0 Å². The second-order valence-corrected chi connectivity index (χ2v) is 28.6. The third-order valence-electron chi connectivity index (χ3n) is 18.2. The maximum Gasteiger partial charge on any atom is 0.0925 e. The van der Waals surface area contributed by atoms with Crippen LogP contribution in [0.1, 0.15) is 174 Å². The molecule has 0 saturated carbocycles. The molecule has 0 aliphatic carbocycles. The Morgan fingerprint density at radius 3 is 0.887 bits per heavy atom. The molecule has 3 atom stereocenters. The average Bonchev–Trinajstić information content (AvgIpc) is 3.08. The molecule has 0 aromatic carbocycles. The van der Waals surface area contributed by atoms with Gasteiger partial charge in [0.2, 0.25) is 0 Å². The van der Waals surface area contributed by atoms with Crippen molar-refractivity contribution in [3.8, 4) is 0 Å². The molecule has 4 aliphatic rings. The van der Waals surface area contributed by atoms with Gasteiger partial charge >= 0.3 is 0 Å². The van der Waals surface area contributed by atoms with Crippen molar-refractivity contribution in [3.05, 3.63) is 0 Å². The third kappa shape index (κ3) is 11.3. The monoisotopic (exact) mass is 883 g/mol. The predicted octanol–water partition coefficient (Wildman–Crippen LogP) is 8.46. The molecular formula is C50H106N8O4+4. The van der Waals surface area contributed by atoms with Crippen molar-refractivity contribution in [2.24, 2.45) is 0 Å². The fourth-order valence-corrected chi connectivity index (χ4v) is 14.1. The number of nitrogens with zero attached hydrogens (tertiary/aromatic N) is 8. The summed E-state index contributed by atoms with van der Waals surface area (Å²) >= 11 is 0. The Balaban J connectivity index is 1.54. The molecule has 3 unspecified atom stereocenters. The minimum absolute atomic E-state index is 0.257. The summed E-state index contributed by atoms with van der Waals surface area (Å²) in [6.45, 7) is 38.3. The van der Waals surface area contributed by atoms with Gasteiger partial charge in [-0.15, -0.1) is 0 Å². The number of piperidine rings is 4. The minimum atomic E-state index is -0.389. The summed E-state index contributed by atoms with van der Waals surface area (Å²) in [6.07, 6.45) is 10.7. The SMILES string of the molecule is CC1(C)CC([N+](C)(C)CCC[N+](C)(C)C2CC(C)(C)N(O)C(C)(CC[N+](C)(CCC[N+](C)(C)C3CC(C)(C)N(O)C(C)(C)C3)C3CC(C)(C)N(O)C(C)(C)C3)C2)CC(C)(C)N1O. The van der Waals surface area contributed by atoms with Crippen LogP contribution in [0.2, 0.25) is 0 Å². The second-order valence-electron chi connectivity index (χ2n) is 28.6. The van der Waals surface area contributed by atoms with E-state index in [1.165, 1.54) is 0 Å². The maximum atomic E-state index is 12.2. The molecule has 0 radical (unpaired) electrons. The lowest BCUT2D eigenvalue weighted by molar-refractivity contribution is -0.948. The fraction of sp³-hybridized carbons (Fsp3) is 1.00. The normalized spacial score (nSPS) is 31.5. The molecule has 0 aromatic rings. The molecule has 0 aromatic heterocycles. The smallest absolute Gasteiger partial charge is 0.0925 e. The molecule has 0 spiro atoms. The Morgan fingerprint density at radius 2 is 0.581 bits per heavy atom. The molecule has 12 nitrogen and oxygen atoms in total. The largest absolute Gasteiger partial charge is 0.326 e. The molecule has 4 heterocycles. The van der Waals surface area contributed by atoms with Crippen molar-refractivity contribution in [2.75, 3.05) is 82.1 Å². The summed E-state index contributed by atoms with van der Waals surface area (Å²) in [7, 11) is 17.0. The molecule has 4 aliphatic heterocycles. The summed E-state index contributed by atoms with van der Waals surface area (Å²) in [4.78, 5) is 0. The standard InChI is InChI=1S/C50H106N8O4/c1-43(2)31-39(32-44(3,4)51(43)59)55(16,17)26-23-27-57(20,21)41-35-49(13,14)54(62)50(15,38-41)25-30-58(22,42-36-47(9,10)53(61)48(11,12)37-42)29-24-28-56(18,19)40-33-45(5,6)52(60)46(7,8)34-40/h39-42,59-62H,23-38H2,1-22H3/q+4. The first kappa shape index (κ1) is 54.1. The first-order valence-corrected chi connectivity index (χ1v) is 24.8. The topological polar surface area (TPSA) is 93.9 Å². The molecular weight excluding hydrogens is 777 g/mol. The minimum Gasteiger partial charge on any atom is -0.326 e. The van der Waals surface area contributed by atoms with Gasteiger partial charge in [-0.25, -0.2) is 0 Å². The molecule has 4 N–H and O–H groups in total. The van der Waals surface area contributed by atoms with Crippen LogP contribution in [0.3, 0.4) is 0 Å². The van der Waals surface area contributed by atoms with Gasteiger partial charge in [0.15, 0.2) is 0 Å². The van der Waals surface area contributed by atoms with E-state index in [2.05, 4.69) is 153 Å². The number of rotatable bonds is 15. The lowest BCUT2D eigenvalue weighted by Crippen LogP contribution is -2.70. The number of hydrogen-bond donors (Lipinski definition) is 4. The van der Waals surface area contributed by atoms with E-state index in [1.54, 1.807) is 20.3 Å². The lowest BCUT2D eigenvalue weighted by atomic mass is 9.74. The van der Waals surface area contributed by atoms with E-state index < -0.39 is 0 Å². The Morgan fingerprint density at radius 1 is 0.339 bits per heavy atom. The molecule has 0 amide bonds. The molecule has 4 fully saturated rings. The highest BCUT2D eigenvalue weighted by Crippen LogP contribution is 2.46. The molecule has 12 heteroatoms. The van der Waals surface area contributed by atoms with Gasteiger partial charge in [-0.1, -0.05) is 0 Å². The van der Waals surface area contributed by atoms with E-state index in [9.17, 15) is 20.8 Å². The van der Waals surface area contributed by atoms with Crippen LogP contribution in [0.5, 0.6) is 0 Å². The Kier molecular flexibility index (Phi) is 15.1. The average molecular weight is 883 g/mol. The first-order chi connectivity index (χ1) is 27.5. The summed E-state index contributed by atoms with van der Waals surface area (Å²) in [5.74, 6) is 0. The van der Waals surface area contributed by atoms with Gasteiger partial charge < -0.3 is 38.8 Å². The summed E-state index contributed by atoms with van der Waals surface area (Å²) < 4.78 is 3.77. The molecule has 0 bridgehead atoms. The highest BCUT2D eigenvalue weighted by atomic mass is 16.5. The predicted molar refractivity (Wildman–Crippen MR) is 254 cm³/mol. The van der Waals surface area contributed by atoms with Crippen LogP contribution in [0.4, 0.5) is 0 Å². The van der Waals surface area contributed by atoms with E-state index in [4.69, 9.17) is 0 Å². The van der Waals surface area contributed by atoms with Crippen LogP contribution in [0.25, 0.3) is 0 Å². The second kappa shape index (κ2) is 17.2. The summed E-state index contributed by atoms with van der Waals surface area (Å²) in [5, 5.41) is 52.4. The van der Waals surface area contributed by atoms with E-state index in [1.807, 2.05) is 0 Å². The Labute approximate surface area is 383 Å².